The molecule has 1 aromatic rings. The molecule has 0 atom stereocenters. The van der Waals surface area contributed by atoms with Gasteiger partial charge in [-0.25, -0.2) is 12.7 Å². The first-order valence-corrected chi connectivity index (χ1v) is 9.94. The van der Waals surface area contributed by atoms with Crippen LogP contribution in [0.2, 0.25) is 0 Å². The van der Waals surface area contributed by atoms with Gasteiger partial charge in [-0.05, 0) is 29.9 Å². The Balaban J connectivity index is 1.89. The molecule has 1 fully saturated rings. The smallest absolute Gasteiger partial charge is 0.223 e. The summed E-state index contributed by atoms with van der Waals surface area (Å²) in [5.41, 5.74) is 2.39. The lowest BCUT2D eigenvalue weighted by atomic mass is 9.95. The number of carbonyl (C=O) groups is 1. The summed E-state index contributed by atoms with van der Waals surface area (Å²) in [4.78, 5) is 12.3. The highest BCUT2D eigenvalue weighted by Gasteiger charge is 2.28. The van der Waals surface area contributed by atoms with Gasteiger partial charge in [0.25, 0.3) is 0 Å². The van der Waals surface area contributed by atoms with E-state index in [0.717, 1.165) is 5.56 Å². The SMILES string of the molecule is CC(C)c1ccccc1CNC(=O)C1CCN(S(C)(=O)=O)CC1. The molecule has 1 saturated heterocycles. The third-order valence-electron chi connectivity index (χ3n) is 4.42. The molecule has 1 N–H and O–H groups in total. The minimum atomic E-state index is -3.14. The molecule has 0 unspecified atom stereocenters. The van der Waals surface area contributed by atoms with Gasteiger partial charge in [0, 0.05) is 25.6 Å². The molecule has 1 amide bonds. The van der Waals surface area contributed by atoms with Gasteiger partial charge in [0.15, 0.2) is 0 Å². The van der Waals surface area contributed by atoms with E-state index in [1.165, 1.54) is 16.1 Å². The minimum absolute atomic E-state index is 0.0247. The van der Waals surface area contributed by atoms with Crippen molar-refractivity contribution in [1.29, 1.82) is 0 Å². The van der Waals surface area contributed by atoms with Gasteiger partial charge in [-0.15, -0.1) is 0 Å². The monoisotopic (exact) mass is 338 g/mol. The fraction of sp³-hybridized carbons (Fsp3) is 0.588. The second-order valence-electron chi connectivity index (χ2n) is 6.51. The van der Waals surface area contributed by atoms with E-state index in [1.54, 1.807) is 0 Å². The van der Waals surface area contributed by atoms with E-state index >= 15 is 0 Å². The number of nitrogens with one attached hydrogen (secondary N) is 1. The summed E-state index contributed by atoms with van der Waals surface area (Å²) in [5, 5.41) is 3.01. The van der Waals surface area contributed by atoms with Crippen molar-refractivity contribution in [1.82, 2.24) is 9.62 Å². The fourth-order valence-corrected chi connectivity index (χ4v) is 3.91. The summed E-state index contributed by atoms with van der Waals surface area (Å²) in [5.74, 6) is 0.344. The van der Waals surface area contributed by atoms with Gasteiger partial charge in [0.1, 0.15) is 0 Å². The van der Waals surface area contributed by atoms with Crippen LogP contribution in [-0.4, -0.2) is 38.0 Å². The first-order chi connectivity index (χ1) is 10.8. The van der Waals surface area contributed by atoms with Crippen molar-refractivity contribution in [2.75, 3.05) is 19.3 Å². The standard InChI is InChI=1S/C17H26N2O3S/c1-13(2)16-7-5-4-6-15(16)12-18-17(20)14-8-10-19(11-9-14)23(3,21)22/h4-7,13-14H,8-12H2,1-3H3,(H,18,20). The summed E-state index contributed by atoms with van der Waals surface area (Å²) >= 11 is 0. The largest absolute Gasteiger partial charge is 0.352 e. The molecule has 1 aliphatic rings. The Morgan fingerprint density at radius 2 is 1.87 bits per heavy atom. The maximum Gasteiger partial charge on any atom is 0.223 e. The van der Waals surface area contributed by atoms with E-state index < -0.39 is 10.0 Å². The quantitative estimate of drug-likeness (QED) is 0.894. The zero-order chi connectivity index (χ0) is 17.0. The van der Waals surface area contributed by atoms with E-state index in [1.807, 2.05) is 18.2 Å². The van der Waals surface area contributed by atoms with E-state index in [4.69, 9.17) is 0 Å². The number of hydrogen-bond acceptors (Lipinski definition) is 3. The molecule has 0 aliphatic carbocycles. The van der Waals surface area contributed by atoms with Crippen LogP contribution >= 0.6 is 0 Å². The van der Waals surface area contributed by atoms with Gasteiger partial charge < -0.3 is 5.32 Å². The maximum atomic E-state index is 12.3. The highest BCUT2D eigenvalue weighted by molar-refractivity contribution is 7.88. The molecule has 1 aromatic carbocycles. The van der Waals surface area contributed by atoms with Gasteiger partial charge >= 0.3 is 0 Å². The van der Waals surface area contributed by atoms with E-state index in [2.05, 4.69) is 25.2 Å². The van der Waals surface area contributed by atoms with Gasteiger partial charge in [-0.2, -0.15) is 0 Å². The number of carbonyl (C=O) groups excluding carboxylic acids is 1. The zero-order valence-electron chi connectivity index (χ0n) is 14.1. The summed E-state index contributed by atoms with van der Waals surface area (Å²) in [6, 6.07) is 8.14. The zero-order valence-corrected chi connectivity index (χ0v) is 14.9. The molecule has 2 rings (SSSR count). The van der Waals surface area contributed by atoms with Crippen molar-refractivity contribution < 1.29 is 13.2 Å². The number of rotatable bonds is 5. The first-order valence-electron chi connectivity index (χ1n) is 8.09. The molecule has 1 heterocycles. The van der Waals surface area contributed by atoms with Crippen molar-refractivity contribution in [2.24, 2.45) is 5.92 Å². The fourth-order valence-electron chi connectivity index (χ4n) is 3.03. The first kappa shape index (κ1) is 17.9. The third-order valence-corrected chi connectivity index (χ3v) is 5.73. The predicted octanol–water partition coefficient (Wildman–Crippen LogP) is 2.10. The van der Waals surface area contributed by atoms with Crippen LogP contribution in [0.15, 0.2) is 24.3 Å². The molecular weight excluding hydrogens is 312 g/mol. The second kappa shape index (κ2) is 7.45. The van der Waals surface area contributed by atoms with Crippen molar-refractivity contribution in [3.8, 4) is 0 Å². The van der Waals surface area contributed by atoms with Crippen molar-refractivity contribution >= 4 is 15.9 Å². The molecule has 0 bridgehead atoms. The van der Waals surface area contributed by atoms with E-state index in [-0.39, 0.29) is 11.8 Å². The Kier molecular flexibility index (Phi) is 5.81. The number of piperidine rings is 1. The Bertz CT molecular complexity index is 648. The maximum absolute atomic E-state index is 12.3. The summed E-state index contributed by atoms with van der Waals surface area (Å²) < 4.78 is 24.4. The summed E-state index contributed by atoms with van der Waals surface area (Å²) in [6.45, 7) is 5.67. The van der Waals surface area contributed by atoms with Crippen LogP contribution in [0.5, 0.6) is 0 Å². The topological polar surface area (TPSA) is 66.5 Å². The molecule has 5 nitrogen and oxygen atoms in total. The second-order valence-corrected chi connectivity index (χ2v) is 8.49. The lowest BCUT2D eigenvalue weighted by Crippen LogP contribution is -2.42. The normalized spacial score (nSPS) is 17.4. The van der Waals surface area contributed by atoms with Crippen LogP contribution in [0.3, 0.4) is 0 Å². The molecule has 6 heteroatoms. The number of sulfonamides is 1. The number of benzene rings is 1. The average Bonchev–Trinajstić information content (AvgIpc) is 2.52. The van der Waals surface area contributed by atoms with Crippen LogP contribution in [0.25, 0.3) is 0 Å². The Labute approximate surface area is 139 Å². The molecule has 0 radical (unpaired) electrons. The lowest BCUT2D eigenvalue weighted by Gasteiger charge is -2.29. The number of nitrogens with zero attached hydrogens (tertiary/aromatic N) is 1. The molecule has 0 saturated carbocycles. The highest BCUT2D eigenvalue weighted by atomic mass is 32.2. The van der Waals surface area contributed by atoms with E-state index in [9.17, 15) is 13.2 Å². The Morgan fingerprint density at radius 1 is 1.26 bits per heavy atom. The third kappa shape index (κ3) is 4.78. The lowest BCUT2D eigenvalue weighted by molar-refractivity contribution is -0.126. The summed E-state index contributed by atoms with van der Waals surface area (Å²) in [6.07, 6.45) is 2.39. The van der Waals surface area contributed by atoms with Crippen LogP contribution in [-0.2, 0) is 21.4 Å². The molecule has 1 aliphatic heterocycles. The van der Waals surface area contributed by atoms with Crippen molar-refractivity contribution in [3.05, 3.63) is 35.4 Å². The highest BCUT2D eigenvalue weighted by Crippen LogP contribution is 2.21. The number of hydrogen-bond donors (Lipinski definition) is 1. The summed E-state index contributed by atoms with van der Waals surface area (Å²) in [7, 11) is -3.14. The van der Waals surface area contributed by atoms with Crippen LogP contribution in [0.4, 0.5) is 0 Å². The molecule has 0 aromatic heterocycles. The van der Waals surface area contributed by atoms with Crippen molar-refractivity contribution in [3.63, 3.8) is 0 Å². The average molecular weight is 338 g/mol. The van der Waals surface area contributed by atoms with Gasteiger partial charge in [-0.3, -0.25) is 4.79 Å². The van der Waals surface area contributed by atoms with Gasteiger partial charge in [-0.1, -0.05) is 38.1 Å². The van der Waals surface area contributed by atoms with E-state index in [0.29, 0.717) is 38.4 Å². The minimum Gasteiger partial charge on any atom is -0.352 e. The molecular formula is C17H26N2O3S. The van der Waals surface area contributed by atoms with Crippen LogP contribution in [0, 0.1) is 5.92 Å². The van der Waals surface area contributed by atoms with Crippen LogP contribution in [0.1, 0.15) is 43.7 Å². The molecule has 0 spiro atoms. The number of amides is 1. The molecule has 23 heavy (non-hydrogen) atoms. The van der Waals surface area contributed by atoms with Gasteiger partial charge in [0.2, 0.25) is 15.9 Å². The molecule has 128 valence electrons. The van der Waals surface area contributed by atoms with Crippen LogP contribution < -0.4 is 5.32 Å². The Hall–Kier alpha value is -1.40. The Morgan fingerprint density at radius 3 is 2.43 bits per heavy atom. The predicted molar refractivity (Wildman–Crippen MR) is 91.5 cm³/mol. The van der Waals surface area contributed by atoms with Crippen molar-refractivity contribution in [2.45, 2.75) is 39.2 Å². The van der Waals surface area contributed by atoms with Gasteiger partial charge in [0.05, 0.1) is 6.26 Å².